The van der Waals surface area contributed by atoms with E-state index in [0.717, 1.165) is 34.5 Å². The average Bonchev–Trinajstić information content (AvgIpc) is 3.34. The Morgan fingerprint density at radius 3 is 2.62 bits per heavy atom. The van der Waals surface area contributed by atoms with E-state index in [1.807, 2.05) is 31.2 Å². The summed E-state index contributed by atoms with van der Waals surface area (Å²) in [5.41, 5.74) is 4.02. The van der Waals surface area contributed by atoms with Crippen molar-refractivity contribution < 1.29 is 18.0 Å². The molecule has 0 spiro atoms. The highest BCUT2D eigenvalue weighted by molar-refractivity contribution is 6.30. The second kappa shape index (κ2) is 9.82. The minimum absolute atomic E-state index is 0.141. The molecule has 0 radical (unpaired) electrons. The van der Waals surface area contributed by atoms with Crippen LogP contribution >= 0.6 is 11.6 Å². The highest BCUT2D eigenvalue weighted by atomic mass is 35.5. The summed E-state index contributed by atoms with van der Waals surface area (Å²) in [5, 5.41) is 3.94. The van der Waals surface area contributed by atoms with Gasteiger partial charge in [0.2, 0.25) is 0 Å². The number of ketones is 1. The number of aryl methyl sites for hydroxylation is 1. The number of nitrogens with one attached hydrogen (secondary N) is 1. The molecule has 0 unspecified atom stereocenters. The molecule has 8 heteroatoms. The van der Waals surface area contributed by atoms with Gasteiger partial charge in [-0.2, -0.15) is 13.2 Å². The van der Waals surface area contributed by atoms with Crippen LogP contribution in [0.3, 0.4) is 0 Å². The molecule has 1 aliphatic carbocycles. The van der Waals surface area contributed by atoms with E-state index in [2.05, 4.69) is 10.3 Å². The maximum absolute atomic E-state index is 13.1. The number of carbonyl (C=O) groups excluding carboxylic acids is 1. The number of Topliss-reactive ketones (excluding diaryl/α,β-unsaturated/α-hetero) is 1. The second-order valence-electron chi connectivity index (χ2n) is 8.83. The van der Waals surface area contributed by atoms with E-state index in [1.165, 1.54) is 12.1 Å². The molecule has 0 saturated heterocycles. The molecule has 186 valence electrons. The van der Waals surface area contributed by atoms with E-state index in [4.69, 9.17) is 16.6 Å². The van der Waals surface area contributed by atoms with E-state index in [-0.39, 0.29) is 12.2 Å². The molecule has 0 atom stereocenters. The number of fused-ring (bicyclic) bond motifs is 1. The standard InChI is InChI=1S/C29H21ClF3N3O/c1-17-11-12-19(26(37)14-18-5-2-7-21(13-18)29(31,32)33)16-25(17)35-28-23-9-4-10-24(23)34-27(36-28)20-6-3-8-22(30)15-20/h2-8,10-13,15-16H,9,14H2,1H3,(H,34,35,36). The van der Waals surface area contributed by atoms with Crippen LogP contribution in [0, 0.1) is 6.92 Å². The molecule has 0 saturated carbocycles. The molecule has 0 fully saturated rings. The first-order valence-corrected chi connectivity index (χ1v) is 12.0. The molecule has 0 amide bonds. The lowest BCUT2D eigenvalue weighted by Crippen LogP contribution is -2.09. The van der Waals surface area contributed by atoms with Gasteiger partial charge in [-0.15, -0.1) is 0 Å². The monoisotopic (exact) mass is 519 g/mol. The Morgan fingerprint density at radius 2 is 1.84 bits per heavy atom. The molecule has 3 aromatic carbocycles. The van der Waals surface area contributed by atoms with Gasteiger partial charge in [0.1, 0.15) is 5.82 Å². The van der Waals surface area contributed by atoms with Crippen LogP contribution in [0.4, 0.5) is 24.7 Å². The molecule has 4 nitrogen and oxygen atoms in total. The number of aromatic nitrogens is 2. The maximum Gasteiger partial charge on any atom is 0.416 e. The van der Waals surface area contributed by atoms with Crippen LogP contribution in [-0.4, -0.2) is 15.8 Å². The SMILES string of the molecule is Cc1ccc(C(=O)Cc2cccc(C(F)(F)F)c2)cc1Nc1nc(-c2cccc(Cl)c2)nc2c1CC=C2. The number of hydrogen-bond donors (Lipinski definition) is 1. The van der Waals surface area contributed by atoms with Crippen molar-refractivity contribution in [1.29, 1.82) is 0 Å². The van der Waals surface area contributed by atoms with Crippen molar-refractivity contribution in [3.63, 3.8) is 0 Å². The Labute approximate surface area is 216 Å². The number of hydrogen-bond acceptors (Lipinski definition) is 4. The highest BCUT2D eigenvalue weighted by Gasteiger charge is 2.30. The Kier molecular flexibility index (Phi) is 6.56. The molecule has 37 heavy (non-hydrogen) atoms. The first-order valence-electron chi connectivity index (χ1n) is 11.6. The van der Waals surface area contributed by atoms with Crippen LogP contribution in [0.25, 0.3) is 17.5 Å². The van der Waals surface area contributed by atoms with Crippen molar-refractivity contribution in [2.75, 3.05) is 5.32 Å². The van der Waals surface area contributed by atoms with Crippen LogP contribution in [0.1, 0.15) is 38.3 Å². The molecule has 1 heterocycles. The molecule has 4 aromatic rings. The maximum atomic E-state index is 13.1. The Balaban J connectivity index is 1.44. The van der Waals surface area contributed by atoms with Crippen LogP contribution in [0.2, 0.25) is 5.02 Å². The summed E-state index contributed by atoms with van der Waals surface area (Å²) in [6.07, 6.45) is 0.0156. The topological polar surface area (TPSA) is 54.9 Å². The zero-order valence-electron chi connectivity index (χ0n) is 19.7. The number of benzene rings is 3. The quantitative estimate of drug-likeness (QED) is 0.263. The minimum Gasteiger partial charge on any atom is -0.340 e. The lowest BCUT2D eigenvalue weighted by Gasteiger charge is -2.15. The van der Waals surface area contributed by atoms with Gasteiger partial charge < -0.3 is 5.32 Å². The van der Waals surface area contributed by atoms with Crippen LogP contribution in [-0.2, 0) is 19.0 Å². The number of alkyl halides is 3. The van der Waals surface area contributed by atoms with Gasteiger partial charge in [-0.05, 0) is 54.8 Å². The van der Waals surface area contributed by atoms with Gasteiger partial charge in [-0.25, -0.2) is 9.97 Å². The highest BCUT2D eigenvalue weighted by Crippen LogP contribution is 2.32. The number of anilines is 2. The molecular weight excluding hydrogens is 499 g/mol. The molecule has 0 aliphatic heterocycles. The van der Waals surface area contributed by atoms with E-state index in [1.54, 1.807) is 30.3 Å². The Morgan fingerprint density at radius 1 is 1.03 bits per heavy atom. The minimum atomic E-state index is -4.46. The van der Waals surface area contributed by atoms with Gasteiger partial charge in [0.15, 0.2) is 11.6 Å². The summed E-state index contributed by atoms with van der Waals surface area (Å²) >= 11 is 6.17. The zero-order chi connectivity index (χ0) is 26.2. The lowest BCUT2D eigenvalue weighted by molar-refractivity contribution is -0.137. The predicted molar refractivity (Wildman–Crippen MR) is 139 cm³/mol. The summed E-state index contributed by atoms with van der Waals surface area (Å²) in [6, 6.07) is 17.3. The number of rotatable bonds is 6. The second-order valence-corrected chi connectivity index (χ2v) is 9.27. The Bertz CT molecular complexity index is 1550. The van der Waals surface area contributed by atoms with Gasteiger partial charge in [0.25, 0.3) is 0 Å². The first kappa shape index (κ1) is 24.7. The molecule has 0 bridgehead atoms. The first-order chi connectivity index (χ1) is 17.7. The van der Waals surface area contributed by atoms with Gasteiger partial charge in [0.05, 0.1) is 11.3 Å². The van der Waals surface area contributed by atoms with Crippen molar-refractivity contribution in [3.8, 4) is 11.4 Å². The van der Waals surface area contributed by atoms with Gasteiger partial charge in [-0.1, -0.05) is 60.1 Å². The largest absolute Gasteiger partial charge is 0.416 e. The van der Waals surface area contributed by atoms with Gasteiger partial charge in [-0.3, -0.25) is 4.79 Å². The lowest BCUT2D eigenvalue weighted by atomic mass is 9.99. The summed E-state index contributed by atoms with van der Waals surface area (Å²) in [7, 11) is 0. The fourth-order valence-electron chi connectivity index (χ4n) is 4.19. The third-order valence-corrected chi connectivity index (χ3v) is 6.39. The van der Waals surface area contributed by atoms with Crippen molar-refractivity contribution in [3.05, 3.63) is 111 Å². The molecular formula is C29H21ClF3N3O. The van der Waals surface area contributed by atoms with Crippen molar-refractivity contribution in [1.82, 2.24) is 9.97 Å². The van der Waals surface area contributed by atoms with Crippen LogP contribution in [0.15, 0.2) is 72.8 Å². The van der Waals surface area contributed by atoms with Crippen molar-refractivity contribution >= 4 is 35.0 Å². The normalized spacial score (nSPS) is 12.5. The molecule has 5 rings (SSSR count). The molecule has 1 aromatic heterocycles. The third-order valence-electron chi connectivity index (χ3n) is 6.15. The summed E-state index contributed by atoms with van der Waals surface area (Å²) in [5.74, 6) is 0.858. The number of allylic oxidation sites excluding steroid dienone is 1. The average molecular weight is 520 g/mol. The number of nitrogens with zero attached hydrogens (tertiary/aromatic N) is 2. The van der Waals surface area contributed by atoms with Gasteiger partial charge >= 0.3 is 6.18 Å². The molecule has 1 N–H and O–H groups in total. The molecule has 1 aliphatic rings. The van der Waals surface area contributed by atoms with E-state index in [9.17, 15) is 18.0 Å². The van der Waals surface area contributed by atoms with E-state index >= 15 is 0 Å². The predicted octanol–water partition coefficient (Wildman–Crippen LogP) is 7.86. The van der Waals surface area contributed by atoms with E-state index < -0.39 is 11.7 Å². The number of halogens is 4. The third kappa shape index (κ3) is 5.42. The zero-order valence-corrected chi connectivity index (χ0v) is 20.5. The Hall–Kier alpha value is -3.97. The smallest absolute Gasteiger partial charge is 0.340 e. The summed E-state index contributed by atoms with van der Waals surface area (Å²) in [4.78, 5) is 22.4. The number of carbonyl (C=O) groups is 1. The van der Waals surface area contributed by atoms with Crippen LogP contribution < -0.4 is 5.32 Å². The fourth-order valence-corrected chi connectivity index (χ4v) is 4.38. The van der Waals surface area contributed by atoms with Gasteiger partial charge in [0, 0.05) is 33.8 Å². The van der Waals surface area contributed by atoms with Crippen molar-refractivity contribution in [2.24, 2.45) is 0 Å². The summed E-state index contributed by atoms with van der Waals surface area (Å²) < 4.78 is 39.2. The van der Waals surface area contributed by atoms with Crippen LogP contribution in [0.5, 0.6) is 0 Å². The van der Waals surface area contributed by atoms with E-state index in [0.29, 0.717) is 39.9 Å². The summed E-state index contributed by atoms with van der Waals surface area (Å²) in [6.45, 7) is 1.90. The fraction of sp³-hybridized carbons (Fsp3) is 0.138. The van der Waals surface area contributed by atoms with Crippen molar-refractivity contribution in [2.45, 2.75) is 25.9 Å².